The molecule has 5 nitrogen and oxygen atoms in total. The van der Waals surface area contributed by atoms with Crippen molar-refractivity contribution in [2.75, 3.05) is 0 Å². The first-order chi connectivity index (χ1) is 11.2. The summed E-state index contributed by atoms with van der Waals surface area (Å²) in [4.78, 5) is 30.9. The highest BCUT2D eigenvalue weighted by molar-refractivity contribution is 6.05. The molecule has 1 aliphatic carbocycles. The highest BCUT2D eigenvalue weighted by atomic mass is 16.2. The Balaban J connectivity index is 1.61. The van der Waals surface area contributed by atoms with E-state index in [1.54, 1.807) is 6.20 Å². The molecule has 2 aliphatic rings. The van der Waals surface area contributed by atoms with Crippen molar-refractivity contribution in [2.24, 2.45) is 5.41 Å². The lowest BCUT2D eigenvalue weighted by atomic mass is 9.84. The van der Waals surface area contributed by atoms with Gasteiger partial charge in [-0.15, -0.1) is 0 Å². The molecule has 1 saturated carbocycles. The van der Waals surface area contributed by atoms with Crippen LogP contribution in [0, 0.1) is 5.41 Å². The number of likely N-dealkylation sites (tertiary alicyclic amines) is 1. The van der Waals surface area contributed by atoms with Crippen LogP contribution >= 0.6 is 0 Å². The molecule has 2 amide bonds. The van der Waals surface area contributed by atoms with Crippen LogP contribution in [0.3, 0.4) is 0 Å². The standard InChI is InChI=1S/C18H19N3O2/c22-16-12-18(8-4-5-9-18)17(23)21(16)13-15-19-10-11-20(15)14-6-2-1-3-7-14/h1-3,6-7,10-11H,4-5,8-9,12-13H2. The van der Waals surface area contributed by atoms with Crippen LogP contribution in [0.5, 0.6) is 0 Å². The van der Waals surface area contributed by atoms with Gasteiger partial charge in [0, 0.05) is 24.5 Å². The van der Waals surface area contributed by atoms with Gasteiger partial charge in [-0.1, -0.05) is 31.0 Å². The first-order valence-corrected chi connectivity index (χ1v) is 8.12. The fourth-order valence-electron chi connectivity index (χ4n) is 3.88. The van der Waals surface area contributed by atoms with Crippen LogP contribution in [0.1, 0.15) is 37.9 Å². The van der Waals surface area contributed by atoms with Gasteiger partial charge in [0.2, 0.25) is 11.8 Å². The Hall–Kier alpha value is -2.43. The molecule has 5 heteroatoms. The predicted molar refractivity (Wildman–Crippen MR) is 84.6 cm³/mol. The molecule has 0 atom stereocenters. The normalized spacial score (nSPS) is 19.9. The third-order valence-corrected chi connectivity index (χ3v) is 5.10. The predicted octanol–water partition coefficient (Wildman–Crippen LogP) is 2.69. The first kappa shape index (κ1) is 14.2. The Bertz CT molecular complexity index is 745. The molecule has 1 aromatic carbocycles. The summed E-state index contributed by atoms with van der Waals surface area (Å²) in [7, 11) is 0. The van der Waals surface area contributed by atoms with Gasteiger partial charge in [-0.25, -0.2) is 4.98 Å². The van der Waals surface area contributed by atoms with E-state index in [1.807, 2.05) is 41.1 Å². The van der Waals surface area contributed by atoms with Crippen LogP contribution in [0.25, 0.3) is 5.69 Å². The number of hydrogen-bond donors (Lipinski definition) is 0. The van der Waals surface area contributed by atoms with Crippen molar-refractivity contribution in [2.45, 2.75) is 38.6 Å². The average Bonchev–Trinajstić information content (AvgIpc) is 3.26. The Morgan fingerprint density at radius 1 is 1.09 bits per heavy atom. The SMILES string of the molecule is O=C1CC2(CCCC2)C(=O)N1Cc1nccn1-c1ccccc1. The maximum atomic E-state index is 12.8. The highest BCUT2D eigenvalue weighted by Gasteiger charge is 2.52. The molecule has 2 aromatic rings. The summed E-state index contributed by atoms with van der Waals surface area (Å²) in [6.45, 7) is 0.251. The van der Waals surface area contributed by atoms with Gasteiger partial charge in [-0.2, -0.15) is 0 Å². The Labute approximate surface area is 134 Å². The molecule has 23 heavy (non-hydrogen) atoms. The Morgan fingerprint density at radius 3 is 2.57 bits per heavy atom. The van der Waals surface area contributed by atoms with E-state index in [0.29, 0.717) is 12.2 Å². The number of aromatic nitrogens is 2. The monoisotopic (exact) mass is 309 g/mol. The second-order valence-corrected chi connectivity index (χ2v) is 6.50. The molecule has 2 fully saturated rings. The number of para-hydroxylation sites is 1. The van der Waals surface area contributed by atoms with Crippen LogP contribution in [0.4, 0.5) is 0 Å². The van der Waals surface area contributed by atoms with Crippen molar-refractivity contribution >= 4 is 11.8 Å². The molecule has 118 valence electrons. The number of rotatable bonds is 3. The fourth-order valence-corrected chi connectivity index (χ4v) is 3.88. The lowest BCUT2D eigenvalue weighted by Crippen LogP contribution is -2.34. The highest BCUT2D eigenvalue weighted by Crippen LogP contribution is 2.47. The molecule has 0 N–H and O–H groups in total. The number of carbonyl (C=O) groups is 2. The first-order valence-electron chi connectivity index (χ1n) is 8.12. The van der Waals surface area contributed by atoms with E-state index in [4.69, 9.17) is 0 Å². The number of imide groups is 1. The number of amides is 2. The zero-order valence-electron chi connectivity index (χ0n) is 12.9. The minimum atomic E-state index is -0.415. The lowest BCUT2D eigenvalue weighted by molar-refractivity contribution is -0.142. The minimum absolute atomic E-state index is 0.00242. The largest absolute Gasteiger partial charge is 0.302 e. The van der Waals surface area contributed by atoms with Crippen molar-refractivity contribution in [1.82, 2.24) is 14.5 Å². The summed E-state index contributed by atoms with van der Waals surface area (Å²) in [5.41, 5.74) is 0.566. The fraction of sp³-hybridized carbons (Fsp3) is 0.389. The van der Waals surface area contributed by atoms with E-state index in [2.05, 4.69) is 4.98 Å². The molecule has 2 heterocycles. The Kier molecular flexibility index (Phi) is 3.29. The van der Waals surface area contributed by atoms with Crippen LogP contribution in [0.2, 0.25) is 0 Å². The van der Waals surface area contributed by atoms with Crippen molar-refractivity contribution < 1.29 is 9.59 Å². The maximum absolute atomic E-state index is 12.8. The van der Waals surface area contributed by atoms with Gasteiger partial charge in [0.15, 0.2) is 0 Å². The third-order valence-electron chi connectivity index (χ3n) is 5.10. The van der Waals surface area contributed by atoms with Crippen molar-refractivity contribution in [3.8, 4) is 5.69 Å². The quantitative estimate of drug-likeness (QED) is 0.819. The zero-order chi connectivity index (χ0) is 15.9. The number of hydrogen-bond acceptors (Lipinski definition) is 3. The molecule has 0 radical (unpaired) electrons. The van der Waals surface area contributed by atoms with Crippen molar-refractivity contribution in [3.05, 3.63) is 48.5 Å². The van der Waals surface area contributed by atoms with Gasteiger partial charge in [-0.05, 0) is 25.0 Å². The molecule has 1 aliphatic heterocycles. The van der Waals surface area contributed by atoms with E-state index in [1.165, 1.54) is 4.90 Å². The number of imidazole rings is 1. The number of nitrogens with zero attached hydrogens (tertiary/aromatic N) is 3. The molecule has 0 unspecified atom stereocenters. The van der Waals surface area contributed by atoms with Crippen LogP contribution in [0.15, 0.2) is 42.7 Å². The summed E-state index contributed by atoms with van der Waals surface area (Å²) in [6.07, 6.45) is 7.73. The number of carbonyl (C=O) groups excluding carboxylic acids is 2. The average molecular weight is 309 g/mol. The summed E-state index contributed by atoms with van der Waals surface area (Å²) >= 11 is 0. The second kappa shape index (κ2) is 5.33. The summed E-state index contributed by atoms with van der Waals surface area (Å²) in [5, 5.41) is 0. The van der Waals surface area contributed by atoms with Crippen LogP contribution < -0.4 is 0 Å². The molecule has 1 aromatic heterocycles. The zero-order valence-corrected chi connectivity index (χ0v) is 12.9. The molecule has 1 saturated heterocycles. The molecule has 0 bridgehead atoms. The van der Waals surface area contributed by atoms with Gasteiger partial charge >= 0.3 is 0 Å². The summed E-state index contributed by atoms with van der Waals surface area (Å²) in [6, 6.07) is 9.84. The Morgan fingerprint density at radius 2 is 1.83 bits per heavy atom. The van der Waals surface area contributed by atoms with E-state index in [-0.39, 0.29) is 18.4 Å². The summed E-state index contributed by atoms with van der Waals surface area (Å²) in [5.74, 6) is 0.662. The molecular formula is C18H19N3O2. The molecular weight excluding hydrogens is 290 g/mol. The van der Waals surface area contributed by atoms with Gasteiger partial charge in [0.25, 0.3) is 0 Å². The topological polar surface area (TPSA) is 55.2 Å². The summed E-state index contributed by atoms with van der Waals surface area (Å²) < 4.78 is 1.93. The second-order valence-electron chi connectivity index (χ2n) is 6.50. The minimum Gasteiger partial charge on any atom is -0.302 e. The van der Waals surface area contributed by atoms with Gasteiger partial charge < -0.3 is 4.57 Å². The van der Waals surface area contributed by atoms with Crippen molar-refractivity contribution in [1.29, 1.82) is 0 Å². The third kappa shape index (κ3) is 2.27. The molecule has 1 spiro atoms. The van der Waals surface area contributed by atoms with Crippen LogP contribution in [-0.4, -0.2) is 26.3 Å². The van der Waals surface area contributed by atoms with E-state index >= 15 is 0 Å². The smallest absolute Gasteiger partial charge is 0.236 e. The maximum Gasteiger partial charge on any atom is 0.236 e. The van der Waals surface area contributed by atoms with Gasteiger partial charge in [-0.3, -0.25) is 14.5 Å². The number of benzene rings is 1. The van der Waals surface area contributed by atoms with Crippen molar-refractivity contribution in [3.63, 3.8) is 0 Å². The lowest BCUT2D eigenvalue weighted by Gasteiger charge is -2.21. The van der Waals surface area contributed by atoms with E-state index in [0.717, 1.165) is 31.4 Å². The molecule has 4 rings (SSSR count). The van der Waals surface area contributed by atoms with E-state index < -0.39 is 5.41 Å². The van der Waals surface area contributed by atoms with E-state index in [9.17, 15) is 9.59 Å². The van der Waals surface area contributed by atoms with Crippen LogP contribution in [-0.2, 0) is 16.1 Å². The van der Waals surface area contributed by atoms with Gasteiger partial charge in [0.05, 0.1) is 12.0 Å². The van der Waals surface area contributed by atoms with Gasteiger partial charge in [0.1, 0.15) is 5.82 Å².